The summed E-state index contributed by atoms with van der Waals surface area (Å²) in [5.41, 5.74) is -0.913. The van der Waals surface area contributed by atoms with Crippen LogP contribution in [0.15, 0.2) is 30.5 Å². The molecule has 1 N–H and O–H groups in total. The molecule has 4 fully saturated rings. The SMILES string of the molecule is C#Cc1c(F)ccc2cc(O)cc(-c3ncc4c(N5CC6CCC(C5)N6C(=O)OC(C)OC(C)=O)nc(OC[C@@]56CCCN5C[C@H](F)C6)nc4c3F)c12. The van der Waals surface area contributed by atoms with Gasteiger partial charge in [0.05, 0.1) is 28.6 Å². The Bertz CT molecular complexity index is 2190. The van der Waals surface area contributed by atoms with Gasteiger partial charge < -0.3 is 24.2 Å². The Morgan fingerprint density at radius 1 is 1.13 bits per heavy atom. The molecular formula is C38H37F3N6O6. The molecule has 4 aliphatic heterocycles. The minimum absolute atomic E-state index is 0.0723. The lowest BCUT2D eigenvalue weighted by molar-refractivity contribution is -0.163. The zero-order valence-corrected chi connectivity index (χ0v) is 29.2. The van der Waals surface area contributed by atoms with E-state index in [1.54, 1.807) is 4.90 Å². The molecule has 1 amide bonds. The van der Waals surface area contributed by atoms with Crippen LogP contribution in [0.1, 0.15) is 51.5 Å². The van der Waals surface area contributed by atoms with Gasteiger partial charge in [0, 0.05) is 57.0 Å². The van der Waals surface area contributed by atoms with Crippen molar-refractivity contribution in [3.05, 3.63) is 47.7 Å². The molecule has 53 heavy (non-hydrogen) atoms. The number of hydrogen-bond donors (Lipinski definition) is 1. The number of piperazine rings is 1. The highest BCUT2D eigenvalue weighted by Crippen LogP contribution is 2.42. The van der Waals surface area contributed by atoms with Crippen LogP contribution in [0, 0.1) is 24.0 Å². The smallest absolute Gasteiger partial charge is 0.413 e. The number of nitrogens with zero attached hydrogens (tertiary/aromatic N) is 6. The zero-order valence-electron chi connectivity index (χ0n) is 29.2. The first-order valence-corrected chi connectivity index (χ1v) is 17.7. The maximum absolute atomic E-state index is 17.0. The molecule has 2 aromatic carbocycles. The summed E-state index contributed by atoms with van der Waals surface area (Å²) >= 11 is 0. The van der Waals surface area contributed by atoms with Gasteiger partial charge in [-0.1, -0.05) is 12.0 Å². The summed E-state index contributed by atoms with van der Waals surface area (Å²) in [5, 5.41) is 11.4. The van der Waals surface area contributed by atoms with Crippen LogP contribution in [0.5, 0.6) is 11.8 Å². The average Bonchev–Trinajstić information content (AvgIpc) is 3.73. The number of terminal acetylenes is 1. The van der Waals surface area contributed by atoms with Gasteiger partial charge >= 0.3 is 18.1 Å². The van der Waals surface area contributed by atoms with Crippen molar-refractivity contribution in [2.24, 2.45) is 0 Å². The average molecular weight is 731 g/mol. The highest BCUT2D eigenvalue weighted by molar-refractivity contribution is 6.03. The molecule has 8 rings (SSSR count). The number of pyridine rings is 1. The van der Waals surface area contributed by atoms with Crippen LogP contribution in [0.3, 0.4) is 0 Å². The van der Waals surface area contributed by atoms with E-state index >= 15 is 4.39 Å². The lowest BCUT2D eigenvalue weighted by atomic mass is 9.95. The summed E-state index contributed by atoms with van der Waals surface area (Å²) < 4.78 is 63.2. The second kappa shape index (κ2) is 13.2. The van der Waals surface area contributed by atoms with Gasteiger partial charge in [0.25, 0.3) is 0 Å². The van der Waals surface area contributed by atoms with Gasteiger partial charge in [0.1, 0.15) is 41.4 Å². The van der Waals surface area contributed by atoms with Crippen LogP contribution in [-0.4, -0.2) is 105 Å². The first kappa shape index (κ1) is 34.7. The van der Waals surface area contributed by atoms with Gasteiger partial charge in [-0.15, -0.1) is 6.42 Å². The highest BCUT2D eigenvalue weighted by Gasteiger charge is 2.50. The van der Waals surface area contributed by atoms with Crippen molar-refractivity contribution in [2.75, 3.05) is 37.7 Å². The fraction of sp³-hybridized carbons (Fsp3) is 0.447. The molecule has 0 aliphatic carbocycles. The van der Waals surface area contributed by atoms with Crippen LogP contribution < -0.4 is 9.64 Å². The third-order valence-corrected chi connectivity index (χ3v) is 10.9. The minimum Gasteiger partial charge on any atom is -0.508 e. The Morgan fingerprint density at radius 2 is 1.91 bits per heavy atom. The predicted octanol–water partition coefficient (Wildman–Crippen LogP) is 5.46. The number of carbonyl (C=O) groups is 2. The quantitative estimate of drug-likeness (QED) is 0.148. The zero-order chi connectivity index (χ0) is 37.2. The van der Waals surface area contributed by atoms with E-state index in [9.17, 15) is 23.5 Å². The molecule has 6 heterocycles. The number of halogens is 3. The highest BCUT2D eigenvalue weighted by atomic mass is 19.1. The number of aromatic nitrogens is 3. The summed E-state index contributed by atoms with van der Waals surface area (Å²) in [6.45, 7) is 4.50. The molecular weight excluding hydrogens is 693 g/mol. The van der Waals surface area contributed by atoms with E-state index in [1.165, 1.54) is 44.3 Å². The second-order valence-corrected chi connectivity index (χ2v) is 14.3. The number of alkyl halides is 1. The normalized spacial score (nSPS) is 24.3. The Balaban J connectivity index is 1.20. The molecule has 4 aromatic rings. The van der Waals surface area contributed by atoms with Gasteiger partial charge in [-0.25, -0.2) is 18.0 Å². The second-order valence-electron chi connectivity index (χ2n) is 14.3. The van der Waals surface area contributed by atoms with Crippen molar-refractivity contribution in [3.63, 3.8) is 0 Å². The number of carbonyl (C=O) groups excluding carboxylic acids is 2. The summed E-state index contributed by atoms with van der Waals surface area (Å²) in [6.07, 6.45) is 7.75. The Kier molecular flexibility index (Phi) is 8.68. The molecule has 4 aliphatic rings. The molecule has 4 saturated heterocycles. The maximum Gasteiger partial charge on any atom is 0.413 e. The number of amides is 1. The Hall–Kier alpha value is -5.36. The Morgan fingerprint density at radius 3 is 2.64 bits per heavy atom. The van der Waals surface area contributed by atoms with Crippen LogP contribution in [0.25, 0.3) is 32.9 Å². The van der Waals surface area contributed by atoms with Crippen molar-refractivity contribution in [3.8, 4) is 35.4 Å². The molecule has 3 unspecified atom stereocenters. The fourth-order valence-corrected chi connectivity index (χ4v) is 8.75. The van der Waals surface area contributed by atoms with E-state index in [1.807, 2.05) is 4.90 Å². The number of rotatable bonds is 7. The molecule has 0 spiro atoms. The van der Waals surface area contributed by atoms with Crippen LogP contribution >= 0.6 is 0 Å². The number of esters is 1. The van der Waals surface area contributed by atoms with Gasteiger partial charge in [-0.3, -0.25) is 19.6 Å². The molecule has 0 saturated carbocycles. The summed E-state index contributed by atoms with van der Waals surface area (Å²) in [7, 11) is 0. The molecule has 276 valence electrons. The molecule has 12 nitrogen and oxygen atoms in total. The third kappa shape index (κ3) is 6.08. The van der Waals surface area contributed by atoms with Crippen LogP contribution in [0.2, 0.25) is 0 Å². The predicted molar refractivity (Wildman–Crippen MR) is 187 cm³/mol. The van der Waals surface area contributed by atoms with E-state index in [-0.39, 0.29) is 63.6 Å². The fourth-order valence-electron chi connectivity index (χ4n) is 8.75. The van der Waals surface area contributed by atoms with Gasteiger partial charge in [-0.05, 0) is 55.8 Å². The van der Waals surface area contributed by atoms with Crippen molar-refractivity contribution in [1.29, 1.82) is 0 Å². The van der Waals surface area contributed by atoms with E-state index < -0.39 is 41.7 Å². The van der Waals surface area contributed by atoms with E-state index in [4.69, 9.17) is 25.6 Å². The molecule has 2 aromatic heterocycles. The van der Waals surface area contributed by atoms with E-state index in [2.05, 4.69) is 20.8 Å². The summed E-state index contributed by atoms with van der Waals surface area (Å²) in [5.74, 6) is 0.341. The topological polar surface area (TPSA) is 130 Å². The third-order valence-electron chi connectivity index (χ3n) is 10.9. The van der Waals surface area contributed by atoms with Crippen LogP contribution in [-0.2, 0) is 14.3 Å². The molecule has 0 radical (unpaired) electrons. The number of fused-ring (bicyclic) bond motifs is 5. The monoisotopic (exact) mass is 730 g/mol. The van der Waals surface area contributed by atoms with E-state index in [0.717, 1.165) is 19.4 Å². The number of phenolic OH excluding ortho intramolecular Hbond substituents is 1. The number of anilines is 1. The maximum atomic E-state index is 17.0. The number of ether oxygens (including phenoxy) is 3. The molecule has 2 bridgehead atoms. The van der Waals surface area contributed by atoms with Crippen molar-refractivity contribution in [1.82, 2.24) is 24.8 Å². The van der Waals surface area contributed by atoms with Crippen molar-refractivity contribution in [2.45, 2.75) is 76.0 Å². The summed E-state index contributed by atoms with van der Waals surface area (Å²) in [4.78, 5) is 44.0. The largest absolute Gasteiger partial charge is 0.508 e. The van der Waals surface area contributed by atoms with Gasteiger partial charge in [0.15, 0.2) is 5.82 Å². The molecule has 15 heteroatoms. The first-order chi connectivity index (χ1) is 25.4. The summed E-state index contributed by atoms with van der Waals surface area (Å²) in [6, 6.07) is 4.60. The number of hydrogen-bond acceptors (Lipinski definition) is 11. The lowest BCUT2D eigenvalue weighted by Crippen LogP contribution is -2.56. The van der Waals surface area contributed by atoms with Crippen LogP contribution in [0.4, 0.5) is 23.8 Å². The first-order valence-electron chi connectivity index (χ1n) is 17.7. The van der Waals surface area contributed by atoms with E-state index in [0.29, 0.717) is 50.1 Å². The lowest BCUT2D eigenvalue weighted by Gasteiger charge is -2.41. The van der Waals surface area contributed by atoms with Gasteiger partial charge in [0.2, 0.25) is 6.29 Å². The Labute approximate surface area is 302 Å². The van der Waals surface area contributed by atoms with Gasteiger partial charge in [-0.2, -0.15) is 9.97 Å². The standard InChI is InChI=1S/C38H37F3N6O6/c1-4-27-30(40)9-6-22-12-26(49)13-28(31(22)27)33-32(41)34-29(15-42-33)35(44-36(43-34)51-19-38-10-5-11-46(38)16-23(39)14-38)45-17-24-7-8-25(18-45)47(24)37(50)53-21(3)52-20(2)48/h1,6,9,12-13,15,21,23-25,49H,5,7-8,10-11,14,16-19H2,2-3H3/t21?,23-,24?,25?,38+/m1/s1. The number of aromatic hydroxyl groups is 1. The van der Waals surface area contributed by atoms with Crippen molar-refractivity contribution >= 4 is 39.6 Å². The van der Waals surface area contributed by atoms with Crippen molar-refractivity contribution < 1.29 is 42.1 Å². The molecule has 5 atom stereocenters. The number of benzene rings is 2. The minimum atomic E-state index is -1.06. The number of phenols is 1.